The third-order valence-electron chi connectivity index (χ3n) is 5.08. The fraction of sp³-hybridized carbons (Fsp3) is 0.611. The van der Waals surface area contributed by atoms with Gasteiger partial charge in [-0.25, -0.2) is 4.98 Å². The fourth-order valence-electron chi connectivity index (χ4n) is 3.80. The lowest BCUT2D eigenvalue weighted by Gasteiger charge is -2.25. The maximum absolute atomic E-state index is 12.3. The highest BCUT2D eigenvalue weighted by Gasteiger charge is 2.35. The van der Waals surface area contributed by atoms with Crippen LogP contribution in [0, 0.1) is 5.92 Å². The second-order valence-corrected chi connectivity index (χ2v) is 6.90. The van der Waals surface area contributed by atoms with Crippen molar-refractivity contribution in [2.45, 2.75) is 45.1 Å². The van der Waals surface area contributed by atoms with Crippen LogP contribution in [0.25, 0.3) is 0 Å². The summed E-state index contributed by atoms with van der Waals surface area (Å²) >= 11 is 0. The van der Waals surface area contributed by atoms with E-state index < -0.39 is 0 Å². The summed E-state index contributed by atoms with van der Waals surface area (Å²) in [5, 5.41) is 0. The van der Waals surface area contributed by atoms with Crippen LogP contribution in [-0.2, 0) is 4.79 Å². The van der Waals surface area contributed by atoms with Gasteiger partial charge in [-0.3, -0.25) is 9.59 Å². The number of rotatable bonds is 5. The van der Waals surface area contributed by atoms with E-state index in [9.17, 15) is 9.59 Å². The summed E-state index contributed by atoms with van der Waals surface area (Å²) < 4.78 is 0. The lowest BCUT2D eigenvalue weighted by molar-refractivity contribution is -0.129. The van der Waals surface area contributed by atoms with Gasteiger partial charge in [-0.1, -0.05) is 12.8 Å². The molecule has 1 amide bonds. The standard InChI is InChI=1S/C18H25N3O2/c1-13(22)15-7-8-17(19-10-15)20(2)11-14-9-18(23)21(12-14)16-5-3-4-6-16/h7-8,10,14,16H,3-6,9,11-12H2,1-2H3. The Kier molecular flexibility index (Phi) is 4.64. The third-order valence-corrected chi connectivity index (χ3v) is 5.08. The lowest BCUT2D eigenvalue weighted by Crippen LogP contribution is -2.35. The van der Waals surface area contributed by atoms with E-state index in [0.717, 1.165) is 18.9 Å². The number of Topliss-reactive ketones (excluding diaryl/α,β-unsaturated/α-hetero) is 1. The minimum atomic E-state index is 0.0281. The highest BCUT2D eigenvalue weighted by Crippen LogP contribution is 2.30. The second-order valence-electron chi connectivity index (χ2n) is 6.90. The topological polar surface area (TPSA) is 53.5 Å². The van der Waals surface area contributed by atoms with Crippen LogP contribution in [0.15, 0.2) is 18.3 Å². The number of anilines is 1. The maximum Gasteiger partial charge on any atom is 0.223 e. The van der Waals surface area contributed by atoms with Gasteiger partial charge in [-0.2, -0.15) is 0 Å². The minimum absolute atomic E-state index is 0.0281. The largest absolute Gasteiger partial charge is 0.359 e. The molecule has 2 fully saturated rings. The summed E-state index contributed by atoms with van der Waals surface area (Å²) in [5.74, 6) is 1.56. The zero-order valence-electron chi connectivity index (χ0n) is 14.0. The number of nitrogens with zero attached hydrogens (tertiary/aromatic N) is 3. The molecule has 1 aliphatic carbocycles. The molecular formula is C18H25N3O2. The molecule has 0 N–H and O–H groups in total. The van der Waals surface area contributed by atoms with Crippen molar-refractivity contribution in [1.82, 2.24) is 9.88 Å². The van der Waals surface area contributed by atoms with Gasteiger partial charge >= 0.3 is 0 Å². The highest BCUT2D eigenvalue weighted by molar-refractivity contribution is 5.93. The lowest BCUT2D eigenvalue weighted by atomic mass is 10.1. The summed E-state index contributed by atoms with van der Waals surface area (Å²) in [6.07, 6.45) is 7.12. The minimum Gasteiger partial charge on any atom is -0.359 e. The summed E-state index contributed by atoms with van der Waals surface area (Å²) in [6.45, 7) is 3.24. The molecule has 0 aromatic carbocycles. The number of hydrogen-bond donors (Lipinski definition) is 0. The average Bonchev–Trinajstić information content (AvgIpc) is 3.16. The quantitative estimate of drug-likeness (QED) is 0.784. The molecule has 0 spiro atoms. The zero-order chi connectivity index (χ0) is 16.4. The molecule has 5 heteroatoms. The van der Waals surface area contributed by atoms with Gasteiger partial charge in [0, 0.05) is 50.3 Å². The molecule has 1 aromatic rings. The first-order valence-corrected chi connectivity index (χ1v) is 8.52. The summed E-state index contributed by atoms with van der Waals surface area (Å²) in [6, 6.07) is 4.17. The van der Waals surface area contributed by atoms with Gasteiger partial charge in [0.25, 0.3) is 0 Å². The SMILES string of the molecule is CC(=O)c1ccc(N(C)CC2CC(=O)N(C3CCCC3)C2)nc1. The van der Waals surface area contributed by atoms with Crippen LogP contribution >= 0.6 is 0 Å². The molecule has 2 aliphatic rings. The molecule has 1 unspecified atom stereocenters. The summed E-state index contributed by atoms with van der Waals surface area (Å²) in [5.41, 5.74) is 0.630. The molecule has 1 saturated heterocycles. The van der Waals surface area contributed by atoms with Crippen molar-refractivity contribution in [3.05, 3.63) is 23.9 Å². The molecule has 23 heavy (non-hydrogen) atoms. The van der Waals surface area contributed by atoms with E-state index in [2.05, 4.69) is 14.8 Å². The maximum atomic E-state index is 12.3. The predicted octanol–water partition coefficient (Wildman–Crippen LogP) is 2.51. The molecule has 0 bridgehead atoms. The van der Waals surface area contributed by atoms with E-state index in [-0.39, 0.29) is 5.78 Å². The molecule has 1 aliphatic heterocycles. The van der Waals surface area contributed by atoms with Crippen LogP contribution in [-0.4, -0.2) is 47.8 Å². The van der Waals surface area contributed by atoms with Crippen LogP contribution in [0.3, 0.4) is 0 Å². The van der Waals surface area contributed by atoms with E-state index in [1.807, 2.05) is 19.2 Å². The Bertz CT molecular complexity index is 578. The van der Waals surface area contributed by atoms with Gasteiger partial charge in [0.1, 0.15) is 5.82 Å². The predicted molar refractivity (Wildman–Crippen MR) is 89.6 cm³/mol. The third kappa shape index (κ3) is 3.54. The van der Waals surface area contributed by atoms with Crippen LogP contribution in [0.5, 0.6) is 0 Å². The molecule has 124 valence electrons. The monoisotopic (exact) mass is 315 g/mol. The number of amides is 1. The van der Waals surface area contributed by atoms with E-state index in [1.54, 1.807) is 13.1 Å². The first kappa shape index (κ1) is 16.0. The molecule has 5 nitrogen and oxygen atoms in total. The van der Waals surface area contributed by atoms with E-state index in [1.165, 1.54) is 25.7 Å². The molecule has 1 aromatic heterocycles. The van der Waals surface area contributed by atoms with Gasteiger partial charge in [-0.15, -0.1) is 0 Å². The summed E-state index contributed by atoms with van der Waals surface area (Å²) in [7, 11) is 2.00. The Morgan fingerprint density at radius 1 is 1.35 bits per heavy atom. The van der Waals surface area contributed by atoms with Crippen molar-refractivity contribution in [3.63, 3.8) is 0 Å². The Hall–Kier alpha value is -1.91. The molecule has 1 saturated carbocycles. The summed E-state index contributed by atoms with van der Waals surface area (Å²) in [4.78, 5) is 32.1. The van der Waals surface area contributed by atoms with Gasteiger partial charge in [-0.05, 0) is 31.9 Å². The van der Waals surface area contributed by atoms with Crippen LogP contribution < -0.4 is 4.90 Å². The number of aromatic nitrogens is 1. The number of hydrogen-bond acceptors (Lipinski definition) is 4. The van der Waals surface area contributed by atoms with Crippen molar-refractivity contribution in [2.24, 2.45) is 5.92 Å². The number of ketones is 1. The second kappa shape index (κ2) is 6.69. The van der Waals surface area contributed by atoms with E-state index in [4.69, 9.17) is 0 Å². The van der Waals surface area contributed by atoms with Crippen molar-refractivity contribution < 1.29 is 9.59 Å². The Balaban J connectivity index is 1.58. The number of carbonyl (C=O) groups excluding carboxylic acids is 2. The highest BCUT2D eigenvalue weighted by atomic mass is 16.2. The normalized spacial score (nSPS) is 21.9. The van der Waals surface area contributed by atoms with Gasteiger partial charge in [0.05, 0.1) is 0 Å². The van der Waals surface area contributed by atoms with Crippen molar-refractivity contribution in [2.75, 3.05) is 25.0 Å². The first-order valence-electron chi connectivity index (χ1n) is 8.52. The number of carbonyl (C=O) groups is 2. The number of likely N-dealkylation sites (tertiary alicyclic amines) is 1. The van der Waals surface area contributed by atoms with Gasteiger partial charge in [0.2, 0.25) is 5.91 Å². The van der Waals surface area contributed by atoms with E-state index >= 15 is 0 Å². The van der Waals surface area contributed by atoms with Crippen LogP contribution in [0.2, 0.25) is 0 Å². The average molecular weight is 315 g/mol. The van der Waals surface area contributed by atoms with Crippen LogP contribution in [0.1, 0.15) is 49.4 Å². The molecule has 1 atom stereocenters. The van der Waals surface area contributed by atoms with E-state index in [0.29, 0.717) is 29.9 Å². The Morgan fingerprint density at radius 3 is 2.70 bits per heavy atom. The van der Waals surface area contributed by atoms with Crippen molar-refractivity contribution >= 4 is 17.5 Å². The van der Waals surface area contributed by atoms with Gasteiger partial charge < -0.3 is 9.80 Å². The van der Waals surface area contributed by atoms with Crippen molar-refractivity contribution in [1.29, 1.82) is 0 Å². The molecule has 2 heterocycles. The van der Waals surface area contributed by atoms with Crippen molar-refractivity contribution in [3.8, 4) is 0 Å². The van der Waals surface area contributed by atoms with Gasteiger partial charge in [0.15, 0.2) is 5.78 Å². The Morgan fingerprint density at radius 2 is 2.09 bits per heavy atom. The molecular weight excluding hydrogens is 290 g/mol. The first-order chi connectivity index (χ1) is 11.0. The Labute approximate surface area is 137 Å². The molecule has 0 radical (unpaired) electrons. The fourth-order valence-corrected chi connectivity index (χ4v) is 3.80. The zero-order valence-corrected chi connectivity index (χ0v) is 14.0. The number of pyridine rings is 1. The molecule has 3 rings (SSSR count). The van der Waals surface area contributed by atoms with Crippen LogP contribution in [0.4, 0.5) is 5.82 Å². The smallest absolute Gasteiger partial charge is 0.223 e.